The van der Waals surface area contributed by atoms with Gasteiger partial charge < -0.3 is 14.6 Å². The summed E-state index contributed by atoms with van der Waals surface area (Å²) in [5, 5.41) is 9.33. The van der Waals surface area contributed by atoms with Crippen LogP contribution < -0.4 is 15.4 Å². The van der Waals surface area contributed by atoms with Gasteiger partial charge in [-0.15, -0.1) is 0 Å². The van der Waals surface area contributed by atoms with E-state index in [-0.39, 0.29) is 5.41 Å². The minimum absolute atomic E-state index is 0.144. The molecule has 3 aromatic rings. The van der Waals surface area contributed by atoms with Gasteiger partial charge in [0.05, 0.1) is 5.69 Å². The van der Waals surface area contributed by atoms with E-state index < -0.39 is 6.03 Å². The minimum atomic E-state index is -0.404. The molecule has 0 aliphatic heterocycles. The fourth-order valence-electron chi connectivity index (χ4n) is 2.19. The lowest BCUT2D eigenvalue weighted by Crippen LogP contribution is -2.19. The van der Waals surface area contributed by atoms with Gasteiger partial charge in [-0.05, 0) is 36.4 Å². The number of benzene rings is 2. The van der Waals surface area contributed by atoms with E-state index in [0.717, 1.165) is 11.4 Å². The van der Waals surface area contributed by atoms with Gasteiger partial charge in [-0.25, -0.2) is 4.79 Å². The van der Waals surface area contributed by atoms with Crippen molar-refractivity contribution in [3.8, 4) is 11.5 Å². The van der Waals surface area contributed by atoms with Crippen LogP contribution in [0.3, 0.4) is 0 Å². The molecule has 134 valence electrons. The number of aromatic nitrogens is 1. The van der Waals surface area contributed by atoms with Crippen molar-refractivity contribution >= 4 is 17.6 Å². The predicted molar refractivity (Wildman–Crippen MR) is 101 cm³/mol. The van der Waals surface area contributed by atoms with Crippen molar-refractivity contribution in [3.63, 3.8) is 0 Å². The number of hydrogen-bond acceptors (Lipinski definition) is 4. The Hall–Kier alpha value is -3.28. The molecule has 0 aliphatic carbocycles. The standard InChI is InChI=1S/C20H21N3O3/c1-20(2,3)17-13-18(26-23-17)22-19(24)21-14-9-11-16(12-10-14)25-15-7-5-4-6-8-15/h4-13H,1-3H3,(H2,21,22,24). The monoisotopic (exact) mass is 351 g/mol. The first kappa shape index (κ1) is 17.5. The number of para-hydroxylation sites is 1. The summed E-state index contributed by atoms with van der Waals surface area (Å²) in [6.07, 6.45) is 0. The van der Waals surface area contributed by atoms with Crippen LogP contribution in [0, 0.1) is 0 Å². The molecule has 0 atom stereocenters. The van der Waals surface area contributed by atoms with E-state index in [1.807, 2.05) is 51.1 Å². The molecule has 0 radical (unpaired) electrons. The summed E-state index contributed by atoms with van der Waals surface area (Å²) >= 11 is 0. The number of nitrogens with zero attached hydrogens (tertiary/aromatic N) is 1. The molecule has 26 heavy (non-hydrogen) atoms. The average molecular weight is 351 g/mol. The second kappa shape index (κ2) is 7.31. The Morgan fingerprint density at radius 1 is 0.962 bits per heavy atom. The van der Waals surface area contributed by atoms with Crippen molar-refractivity contribution in [3.05, 3.63) is 66.4 Å². The Morgan fingerprint density at radius 3 is 2.23 bits per heavy atom. The number of carbonyl (C=O) groups is 1. The smallest absolute Gasteiger partial charge is 0.326 e. The van der Waals surface area contributed by atoms with Crippen molar-refractivity contribution in [2.45, 2.75) is 26.2 Å². The Kier molecular flexibility index (Phi) is 4.93. The Labute approximate surface area is 152 Å². The molecule has 1 aromatic heterocycles. The summed E-state index contributed by atoms with van der Waals surface area (Å²) in [7, 11) is 0. The first-order valence-corrected chi connectivity index (χ1v) is 8.28. The number of amides is 2. The van der Waals surface area contributed by atoms with Crippen LogP contribution in [0.2, 0.25) is 0 Å². The van der Waals surface area contributed by atoms with Crippen LogP contribution in [0.4, 0.5) is 16.4 Å². The Morgan fingerprint density at radius 2 is 1.62 bits per heavy atom. The highest BCUT2D eigenvalue weighted by Crippen LogP contribution is 2.24. The molecule has 2 aromatic carbocycles. The SMILES string of the molecule is CC(C)(C)c1cc(NC(=O)Nc2ccc(Oc3ccccc3)cc2)on1. The van der Waals surface area contributed by atoms with E-state index in [1.165, 1.54) is 0 Å². The van der Waals surface area contributed by atoms with Crippen LogP contribution in [0.15, 0.2) is 65.2 Å². The molecule has 0 saturated carbocycles. The molecule has 3 rings (SSSR count). The second-order valence-electron chi connectivity index (χ2n) is 6.85. The number of rotatable bonds is 4. The first-order valence-electron chi connectivity index (χ1n) is 8.28. The van der Waals surface area contributed by atoms with E-state index >= 15 is 0 Å². The van der Waals surface area contributed by atoms with Gasteiger partial charge in [0, 0.05) is 17.2 Å². The second-order valence-corrected chi connectivity index (χ2v) is 6.85. The van der Waals surface area contributed by atoms with Gasteiger partial charge in [-0.3, -0.25) is 5.32 Å². The maximum Gasteiger partial charge on any atom is 0.326 e. The highest BCUT2D eigenvalue weighted by molar-refractivity contribution is 5.98. The van der Waals surface area contributed by atoms with E-state index in [2.05, 4.69) is 15.8 Å². The average Bonchev–Trinajstić information content (AvgIpc) is 3.06. The third-order valence-electron chi connectivity index (χ3n) is 3.61. The molecule has 0 bridgehead atoms. The van der Waals surface area contributed by atoms with Gasteiger partial charge in [0.2, 0.25) is 5.88 Å². The molecular weight excluding hydrogens is 330 g/mol. The summed E-state index contributed by atoms with van der Waals surface area (Å²) in [5.41, 5.74) is 1.27. The van der Waals surface area contributed by atoms with Gasteiger partial charge in [0.25, 0.3) is 0 Å². The molecule has 0 unspecified atom stereocenters. The topological polar surface area (TPSA) is 76.4 Å². The molecule has 6 heteroatoms. The molecule has 2 N–H and O–H groups in total. The van der Waals surface area contributed by atoms with E-state index in [0.29, 0.717) is 17.3 Å². The zero-order valence-electron chi connectivity index (χ0n) is 14.9. The molecular formula is C20H21N3O3. The van der Waals surface area contributed by atoms with Crippen molar-refractivity contribution in [2.75, 3.05) is 10.6 Å². The summed E-state index contributed by atoms with van der Waals surface area (Å²) in [5.74, 6) is 1.74. The molecule has 0 fully saturated rings. The fourth-order valence-corrected chi connectivity index (χ4v) is 2.19. The quantitative estimate of drug-likeness (QED) is 0.659. The maximum absolute atomic E-state index is 12.1. The lowest BCUT2D eigenvalue weighted by atomic mass is 9.92. The molecule has 2 amide bonds. The van der Waals surface area contributed by atoms with Crippen molar-refractivity contribution < 1.29 is 14.1 Å². The molecule has 6 nitrogen and oxygen atoms in total. The third kappa shape index (κ3) is 4.63. The van der Waals surface area contributed by atoms with Crippen LogP contribution in [-0.2, 0) is 5.41 Å². The van der Waals surface area contributed by atoms with Gasteiger partial charge in [0.15, 0.2) is 0 Å². The Bertz CT molecular complexity index is 865. The third-order valence-corrected chi connectivity index (χ3v) is 3.61. The van der Waals surface area contributed by atoms with Crippen LogP contribution >= 0.6 is 0 Å². The number of carbonyl (C=O) groups excluding carboxylic acids is 1. The Balaban J connectivity index is 1.57. The van der Waals surface area contributed by atoms with E-state index in [4.69, 9.17) is 9.26 Å². The fraction of sp³-hybridized carbons (Fsp3) is 0.200. The van der Waals surface area contributed by atoms with E-state index in [1.54, 1.807) is 30.3 Å². The number of hydrogen-bond donors (Lipinski definition) is 2. The van der Waals surface area contributed by atoms with Gasteiger partial charge >= 0.3 is 6.03 Å². The zero-order valence-corrected chi connectivity index (χ0v) is 14.9. The van der Waals surface area contributed by atoms with Crippen LogP contribution in [0.25, 0.3) is 0 Å². The number of anilines is 2. The van der Waals surface area contributed by atoms with Crippen molar-refractivity contribution in [1.82, 2.24) is 5.16 Å². The van der Waals surface area contributed by atoms with Gasteiger partial charge in [0.1, 0.15) is 11.5 Å². The molecule has 0 saturated heterocycles. The number of ether oxygens (including phenoxy) is 1. The minimum Gasteiger partial charge on any atom is -0.457 e. The van der Waals surface area contributed by atoms with E-state index in [9.17, 15) is 4.79 Å². The highest BCUT2D eigenvalue weighted by atomic mass is 16.5. The maximum atomic E-state index is 12.1. The summed E-state index contributed by atoms with van der Waals surface area (Å²) in [6, 6.07) is 17.9. The van der Waals surface area contributed by atoms with Crippen molar-refractivity contribution in [1.29, 1.82) is 0 Å². The van der Waals surface area contributed by atoms with Crippen LogP contribution in [0.1, 0.15) is 26.5 Å². The predicted octanol–water partition coefficient (Wildman–Crippen LogP) is 5.41. The normalized spacial score (nSPS) is 11.0. The molecule has 0 aliphatic rings. The summed E-state index contributed by atoms with van der Waals surface area (Å²) in [4.78, 5) is 12.1. The number of urea groups is 1. The zero-order chi connectivity index (χ0) is 18.6. The lowest BCUT2D eigenvalue weighted by Gasteiger charge is -2.12. The van der Waals surface area contributed by atoms with Gasteiger partial charge in [-0.2, -0.15) is 0 Å². The largest absolute Gasteiger partial charge is 0.457 e. The van der Waals surface area contributed by atoms with Crippen LogP contribution in [0.5, 0.6) is 11.5 Å². The highest BCUT2D eigenvalue weighted by Gasteiger charge is 2.19. The molecule has 0 spiro atoms. The number of nitrogens with one attached hydrogen (secondary N) is 2. The lowest BCUT2D eigenvalue weighted by molar-refractivity contribution is 0.261. The van der Waals surface area contributed by atoms with Gasteiger partial charge in [-0.1, -0.05) is 44.1 Å². The molecule has 1 heterocycles. The summed E-state index contributed by atoms with van der Waals surface area (Å²) in [6.45, 7) is 6.06. The van der Waals surface area contributed by atoms with Crippen LogP contribution in [-0.4, -0.2) is 11.2 Å². The van der Waals surface area contributed by atoms with Crippen molar-refractivity contribution in [2.24, 2.45) is 0 Å². The summed E-state index contributed by atoms with van der Waals surface area (Å²) < 4.78 is 10.9. The first-order chi connectivity index (χ1) is 12.4.